The molecule has 3 aliphatic rings. The van der Waals surface area contributed by atoms with Gasteiger partial charge in [0.25, 0.3) is 0 Å². The summed E-state index contributed by atoms with van der Waals surface area (Å²) in [5, 5.41) is 10.2. The van der Waals surface area contributed by atoms with Crippen LogP contribution in [-0.2, 0) is 23.8 Å². The topological polar surface area (TPSA) is 89.9 Å². The van der Waals surface area contributed by atoms with Gasteiger partial charge in [-0.25, -0.2) is 0 Å². The molecule has 0 radical (unpaired) electrons. The Hall–Kier alpha value is -0.650. The van der Waals surface area contributed by atoms with E-state index < -0.39 is 55.2 Å². The first-order chi connectivity index (χ1) is 10.4. The largest absolute Gasteiger partial charge is 0.534 e. The molecule has 2 heterocycles. The molecular weight excluding hydrogens is 409 g/mol. The number of ether oxygens (including phenoxy) is 1. The number of hydrogen-bond acceptors (Lipinski definition) is 6. The standard InChI is InChI=1S/C12H12BrF3O6S/c1-10-4-5-8(17)9(18)11(10,21-5)6(13)2-3-7(10)22-23(19,20)12(14,15)16/h3,5-6,9,18H,2,4H2,1H3/t5-,6-,9+,10-,11-/m1/s1. The number of hydrogen-bond donors (Lipinski definition) is 1. The lowest BCUT2D eigenvalue weighted by atomic mass is 9.60. The van der Waals surface area contributed by atoms with Crippen molar-refractivity contribution < 1.29 is 40.4 Å². The molecule has 6 nitrogen and oxygen atoms in total. The number of ketones is 1. The minimum absolute atomic E-state index is 0.0371. The third kappa shape index (κ3) is 1.99. The molecule has 1 spiro atoms. The van der Waals surface area contributed by atoms with E-state index in [0.717, 1.165) is 0 Å². The Balaban J connectivity index is 2.05. The van der Waals surface area contributed by atoms with Gasteiger partial charge in [-0.2, -0.15) is 21.6 Å². The summed E-state index contributed by atoms with van der Waals surface area (Å²) in [4.78, 5) is 11.3. The van der Waals surface area contributed by atoms with Crippen molar-refractivity contribution in [1.29, 1.82) is 0 Å². The van der Waals surface area contributed by atoms with Crippen molar-refractivity contribution in [2.45, 2.75) is 47.9 Å². The molecule has 0 amide bonds. The fraction of sp³-hybridized carbons (Fsp3) is 0.750. The second kappa shape index (κ2) is 4.70. The summed E-state index contributed by atoms with van der Waals surface area (Å²) in [7, 11) is -5.85. The highest BCUT2D eigenvalue weighted by atomic mass is 79.9. The highest BCUT2D eigenvalue weighted by Gasteiger charge is 2.75. The van der Waals surface area contributed by atoms with Crippen molar-refractivity contribution in [3.63, 3.8) is 0 Å². The molecule has 1 aliphatic carbocycles. The van der Waals surface area contributed by atoms with Gasteiger partial charge in [0.15, 0.2) is 5.78 Å². The van der Waals surface area contributed by atoms with E-state index in [1.54, 1.807) is 0 Å². The Morgan fingerprint density at radius 3 is 2.61 bits per heavy atom. The molecule has 0 aromatic carbocycles. The van der Waals surface area contributed by atoms with Crippen LogP contribution < -0.4 is 0 Å². The van der Waals surface area contributed by atoms with Crippen LogP contribution in [0.1, 0.15) is 19.8 Å². The number of alkyl halides is 4. The molecule has 2 saturated heterocycles. The zero-order valence-electron chi connectivity index (χ0n) is 11.6. The summed E-state index contributed by atoms with van der Waals surface area (Å²) in [6.45, 7) is 1.42. The maximum Gasteiger partial charge on any atom is 0.534 e. The van der Waals surface area contributed by atoms with E-state index in [1.807, 2.05) is 0 Å². The van der Waals surface area contributed by atoms with Crippen molar-refractivity contribution in [3.05, 3.63) is 11.8 Å². The first kappa shape index (κ1) is 17.2. The van der Waals surface area contributed by atoms with Crippen molar-refractivity contribution in [1.82, 2.24) is 0 Å². The molecule has 23 heavy (non-hydrogen) atoms. The molecule has 2 bridgehead atoms. The van der Waals surface area contributed by atoms with E-state index >= 15 is 0 Å². The first-order valence-corrected chi connectivity index (χ1v) is 8.94. The molecule has 0 unspecified atom stereocenters. The maximum absolute atomic E-state index is 12.6. The number of Topliss-reactive ketones (excluding diaryl/α,β-unsaturated/α-hetero) is 1. The number of carbonyl (C=O) groups is 1. The highest BCUT2D eigenvalue weighted by Crippen LogP contribution is 2.63. The van der Waals surface area contributed by atoms with Crippen molar-refractivity contribution in [2.75, 3.05) is 0 Å². The number of aliphatic hydroxyl groups is 1. The lowest BCUT2D eigenvalue weighted by Gasteiger charge is -2.49. The number of fused-ring (bicyclic) bond motifs is 1. The predicted molar refractivity (Wildman–Crippen MR) is 72.8 cm³/mol. The Labute approximate surface area is 137 Å². The Bertz CT molecular complexity index is 704. The van der Waals surface area contributed by atoms with Crippen LogP contribution in [0.3, 0.4) is 0 Å². The molecule has 0 saturated carbocycles. The minimum Gasteiger partial charge on any atom is -0.382 e. The van der Waals surface area contributed by atoms with Gasteiger partial charge >= 0.3 is 15.6 Å². The van der Waals surface area contributed by atoms with E-state index in [0.29, 0.717) is 0 Å². The Morgan fingerprint density at radius 1 is 1.48 bits per heavy atom. The summed E-state index contributed by atoms with van der Waals surface area (Å²) in [6.07, 6.45) is -1.39. The van der Waals surface area contributed by atoms with E-state index in [-0.39, 0.29) is 12.8 Å². The van der Waals surface area contributed by atoms with Gasteiger partial charge in [0.2, 0.25) is 0 Å². The van der Waals surface area contributed by atoms with Gasteiger partial charge in [0.05, 0.1) is 10.2 Å². The molecule has 0 aromatic heterocycles. The minimum atomic E-state index is -5.85. The third-order valence-electron chi connectivity index (χ3n) is 4.79. The van der Waals surface area contributed by atoms with Gasteiger partial charge in [-0.15, -0.1) is 0 Å². The average molecular weight is 421 g/mol. The first-order valence-electron chi connectivity index (χ1n) is 6.62. The summed E-state index contributed by atoms with van der Waals surface area (Å²) < 4.78 is 70.3. The monoisotopic (exact) mass is 420 g/mol. The Morgan fingerprint density at radius 2 is 2.09 bits per heavy atom. The van der Waals surface area contributed by atoms with Gasteiger partial charge in [0, 0.05) is 0 Å². The molecule has 5 atom stereocenters. The molecule has 2 aliphatic heterocycles. The molecular formula is C12H12BrF3O6S. The number of halogens is 4. The summed E-state index contributed by atoms with van der Waals surface area (Å²) in [5.41, 5.74) is -8.51. The fourth-order valence-electron chi connectivity index (χ4n) is 3.64. The smallest absolute Gasteiger partial charge is 0.382 e. The van der Waals surface area contributed by atoms with E-state index in [4.69, 9.17) is 4.74 Å². The predicted octanol–water partition coefficient (Wildman–Crippen LogP) is 1.38. The van der Waals surface area contributed by atoms with Crippen LogP contribution >= 0.6 is 15.9 Å². The zero-order valence-corrected chi connectivity index (χ0v) is 14.0. The van der Waals surface area contributed by atoms with Crippen LogP contribution in [0, 0.1) is 5.41 Å². The van der Waals surface area contributed by atoms with Gasteiger partial charge in [-0.3, -0.25) is 4.79 Å². The van der Waals surface area contributed by atoms with E-state index in [2.05, 4.69) is 20.1 Å². The SMILES string of the molecule is C[C@]12C[C@H]3O[C@]1([C@H](Br)CC=C2OS(=O)(=O)C(F)(F)F)[C@@H](O)C3=O. The van der Waals surface area contributed by atoms with E-state index in [9.17, 15) is 31.5 Å². The van der Waals surface area contributed by atoms with Crippen LogP contribution in [0.2, 0.25) is 0 Å². The van der Waals surface area contributed by atoms with E-state index in [1.165, 1.54) is 13.0 Å². The molecule has 130 valence electrons. The average Bonchev–Trinajstić information content (AvgIpc) is 2.86. The number of rotatable bonds is 2. The van der Waals surface area contributed by atoms with Crippen LogP contribution in [-0.4, -0.2) is 47.5 Å². The highest BCUT2D eigenvalue weighted by molar-refractivity contribution is 9.09. The van der Waals surface area contributed by atoms with Crippen molar-refractivity contribution in [3.8, 4) is 0 Å². The van der Waals surface area contributed by atoms with Gasteiger partial charge in [-0.1, -0.05) is 15.9 Å². The Kier molecular flexibility index (Phi) is 3.51. The van der Waals surface area contributed by atoms with Crippen molar-refractivity contribution in [2.24, 2.45) is 5.41 Å². The number of allylic oxidation sites excluding steroid dienone is 1. The molecule has 11 heteroatoms. The second-order valence-corrected chi connectivity index (χ2v) is 8.64. The summed E-state index contributed by atoms with van der Waals surface area (Å²) in [6, 6.07) is 0. The van der Waals surface area contributed by atoms with Crippen LogP contribution in [0.5, 0.6) is 0 Å². The number of carbonyl (C=O) groups excluding carboxylic acids is 1. The zero-order chi connectivity index (χ0) is 17.4. The molecule has 1 N–H and O–H groups in total. The lowest BCUT2D eigenvalue weighted by Crippen LogP contribution is -2.62. The third-order valence-corrected chi connectivity index (χ3v) is 6.81. The normalized spacial score (nSPS) is 43.3. The van der Waals surface area contributed by atoms with Gasteiger partial charge in [0.1, 0.15) is 23.6 Å². The lowest BCUT2D eigenvalue weighted by molar-refractivity contribution is -0.135. The fourth-order valence-corrected chi connectivity index (χ4v) is 5.27. The maximum atomic E-state index is 12.6. The molecule has 0 aromatic rings. The number of aliphatic hydroxyl groups excluding tert-OH is 1. The van der Waals surface area contributed by atoms with Crippen molar-refractivity contribution >= 4 is 31.8 Å². The summed E-state index contributed by atoms with van der Waals surface area (Å²) in [5.74, 6) is -1.02. The van der Waals surface area contributed by atoms with Gasteiger partial charge in [-0.05, 0) is 25.8 Å². The quantitative estimate of drug-likeness (QED) is 0.412. The van der Waals surface area contributed by atoms with Crippen LogP contribution in [0.25, 0.3) is 0 Å². The summed E-state index contributed by atoms with van der Waals surface area (Å²) >= 11 is 3.28. The second-order valence-electron chi connectivity index (χ2n) is 6.00. The van der Waals surface area contributed by atoms with Crippen LogP contribution in [0.15, 0.2) is 11.8 Å². The van der Waals surface area contributed by atoms with Crippen LogP contribution in [0.4, 0.5) is 13.2 Å². The molecule has 3 rings (SSSR count). The van der Waals surface area contributed by atoms with Gasteiger partial charge < -0.3 is 14.0 Å². The molecule has 2 fully saturated rings.